The zero-order valence-corrected chi connectivity index (χ0v) is 27.9. The Labute approximate surface area is 265 Å². The molecular formula is C27H39ClN6O8S2. The van der Waals surface area contributed by atoms with Crippen LogP contribution in [0.25, 0.3) is 0 Å². The molecule has 4 amide bonds. The van der Waals surface area contributed by atoms with E-state index in [0.29, 0.717) is 12.8 Å². The van der Waals surface area contributed by atoms with Crippen LogP contribution in [0.5, 0.6) is 6.01 Å². The van der Waals surface area contributed by atoms with Gasteiger partial charge in [-0.25, -0.2) is 13.2 Å². The van der Waals surface area contributed by atoms with Crippen LogP contribution < -0.4 is 20.1 Å². The van der Waals surface area contributed by atoms with Crippen molar-refractivity contribution in [2.75, 3.05) is 6.54 Å². The molecule has 244 valence electrons. The highest BCUT2D eigenvalue weighted by atomic mass is 35.5. The molecule has 17 heteroatoms. The van der Waals surface area contributed by atoms with Crippen molar-refractivity contribution < 1.29 is 37.1 Å². The lowest BCUT2D eigenvalue weighted by atomic mass is 9.85. The minimum absolute atomic E-state index is 0.00543. The second-order valence-electron chi connectivity index (χ2n) is 13.4. The van der Waals surface area contributed by atoms with Gasteiger partial charge in [0, 0.05) is 23.9 Å². The lowest BCUT2D eigenvalue weighted by Gasteiger charge is -2.36. The van der Waals surface area contributed by atoms with Crippen LogP contribution in [-0.4, -0.2) is 87.6 Å². The van der Waals surface area contributed by atoms with Gasteiger partial charge < -0.3 is 25.0 Å². The van der Waals surface area contributed by atoms with E-state index in [9.17, 15) is 27.6 Å². The van der Waals surface area contributed by atoms with Crippen LogP contribution in [0, 0.1) is 11.3 Å². The molecule has 2 saturated carbocycles. The highest BCUT2D eigenvalue weighted by molar-refractivity contribution is 7.91. The molecular weight excluding hydrogens is 636 g/mol. The Morgan fingerprint density at radius 2 is 1.84 bits per heavy atom. The number of nitrogens with one attached hydrogen (secondary N) is 3. The normalized spacial score (nSPS) is 25.9. The van der Waals surface area contributed by atoms with E-state index in [4.69, 9.17) is 21.1 Å². The smallest absolute Gasteiger partial charge is 0.408 e. The molecule has 14 nitrogen and oxygen atoms in total. The summed E-state index contributed by atoms with van der Waals surface area (Å²) in [5.74, 6) is -2.64. The van der Waals surface area contributed by atoms with Crippen molar-refractivity contribution >= 4 is 57.0 Å². The van der Waals surface area contributed by atoms with E-state index in [0.717, 1.165) is 11.5 Å². The molecule has 0 radical (unpaired) electrons. The highest BCUT2D eigenvalue weighted by Crippen LogP contribution is 2.45. The van der Waals surface area contributed by atoms with Crippen LogP contribution in [0.2, 0.25) is 4.47 Å². The number of alkyl carbamates (subject to hydrolysis) is 1. The Kier molecular flexibility index (Phi) is 9.31. The van der Waals surface area contributed by atoms with Crippen LogP contribution in [0.1, 0.15) is 67.2 Å². The predicted octanol–water partition coefficient (Wildman–Crippen LogP) is 2.15. The van der Waals surface area contributed by atoms with Gasteiger partial charge >= 0.3 is 12.1 Å². The monoisotopic (exact) mass is 674 g/mol. The molecule has 1 saturated heterocycles. The van der Waals surface area contributed by atoms with E-state index >= 15 is 0 Å². The number of nitrogens with zero attached hydrogens (tertiary/aromatic N) is 3. The number of amides is 4. The van der Waals surface area contributed by atoms with Gasteiger partial charge in [0.2, 0.25) is 26.3 Å². The van der Waals surface area contributed by atoms with Crippen molar-refractivity contribution in [2.24, 2.45) is 11.3 Å². The number of hydrogen-bond donors (Lipinski definition) is 3. The summed E-state index contributed by atoms with van der Waals surface area (Å²) in [4.78, 5) is 59.2. The number of hydrogen-bond acceptors (Lipinski definition) is 11. The molecule has 2 heterocycles. The number of sulfonamides is 1. The number of aromatic nitrogens is 2. The van der Waals surface area contributed by atoms with Gasteiger partial charge in [-0.05, 0) is 57.0 Å². The Bertz CT molecular complexity index is 1430. The first-order valence-corrected chi connectivity index (χ1v) is 16.9. The van der Waals surface area contributed by atoms with Gasteiger partial charge in [-0.1, -0.05) is 26.8 Å². The molecule has 44 heavy (non-hydrogen) atoms. The molecule has 0 aromatic carbocycles. The maximum absolute atomic E-state index is 14.1. The van der Waals surface area contributed by atoms with E-state index in [1.807, 2.05) is 0 Å². The average molecular weight is 675 g/mol. The summed E-state index contributed by atoms with van der Waals surface area (Å²) in [6.45, 7) is 14.0. The van der Waals surface area contributed by atoms with Crippen LogP contribution in [0.15, 0.2) is 12.7 Å². The number of carbonyl (C=O) groups is 4. The number of halogens is 1. The number of carbonyl (C=O) groups excluding carboxylic acids is 4. The maximum Gasteiger partial charge on any atom is 0.408 e. The first-order chi connectivity index (χ1) is 20.3. The zero-order chi connectivity index (χ0) is 32.8. The van der Waals surface area contributed by atoms with Gasteiger partial charge in [0.1, 0.15) is 29.3 Å². The SMILES string of the molecule is C=CC1C[C@]1(NC(=O)[C@@H]1C[C@@H](Oc2nsc(Cl)n2)CN1C(=O)[C@@H](NC(=O)OC(C)(C)C)C(C)(C)C)C(=O)NS(=O)(=O)C1CC1. The third kappa shape index (κ3) is 7.80. The first kappa shape index (κ1) is 33.9. The number of likely N-dealkylation sites (tertiary alicyclic amines) is 1. The van der Waals surface area contributed by atoms with Gasteiger partial charge in [0.25, 0.3) is 5.91 Å². The lowest BCUT2D eigenvalue weighted by molar-refractivity contribution is -0.143. The van der Waals surface area contributed by atoms with Crippen molar-refractivity contribution in [1.82, 2.24) is 29.6 Å². The molecule has 4 rings (SSSR count). The van der Waals surface area contributed by atoms with Crippen LogP contribution >= 0.6 is 23.1 Å². The molecule has 1 aliphatic heterocycles. The summed E-state index contributed by atoms with van der Waals surface area (Å²) >= 11 is 6.80. The van der Waals surface area contributed by atoms with Crippen LogP contribution in [0.4, 0.5) is 4.79 Å². The van der Waals surface area contributed by atoms with Crippen molar-refractivity contribution in [3.63, 3.8) is 0 Å². The van der Waals surface area contributed by atoms with Crippen molar-refractivity contribution in [2.45, 2.75) is 102 Å². The first-order valence-electron chi connectivity index (χ1n) is 14.2. The van der Waals surface area contributed by atoms with Crippen molar-refractivity contribution in [1.29, 1.82) is 0 Å². The van der Waals surface area contributed by atoms with Gasteiger partial charge in [-0.3, -0.25) is 19.1 Å². The molecule has 3 N–H and O–H groups in total. The molecule has 0 spiro atoms. The summed E-state index contributed by atoms with van der Waals surface area (Å²) < 4.78 is 42.5. The minimum atomic E-state index is -3.88. The molecule has 1 unspecified atom stereocenters. The van der Waals surface area contributed by atoms with Gasteiger partial charge in [-0.2, -0.15) is 4.98 Å². The third-order valence-electron chi connectivity index (χ3n) is 7.53. The second kappa shape index (κ2) is 12.1. The summed E-state index contributed by atoms with van der Waals surface area (Å²) in [6, 6.07) is -2.28. The molecule has 5 atom stereocenters. The Morgan fingerprint density at radius 3 is 2.34 bits per heavy atom. The van der Waals surface area contributed by atoms with Gasteiger partial charge in [-0.15, -0.1) is 11.0 Å². The molecule has 2 aliphatic carbocycles. The largest absolute Gasteiger partial charge is 0.458 e. The molecule has 1 aromatic rings. The standard InChI is InChI=1S/C27H39ClN6O8S2/c1-8-14-12-27(14,21(37)33-44(39,40)16-9-10-16)31-19(35)17-11-15(41-23-30-22(28)43-32-23)13-34(17)20(36)18(25(2,3)4)29-24(38)42-26(5,6)7/h8,14-18H,1,9-13H2,2-7H3,(H,29,38)(H,31,35)(H,33,37)/t14?,15-,17+,18-,27-/m1/s1. The predicted molar refractivity (Wildman–Crippen MR) is 161 cm³/mol. The number of ether oxygens (including phenoxy) is 2. The molecule has 3 aliphatic rings. The van der Waals surface area contributed by atoms with E-state index in [1.165, 1.54) is 11.0 Å². The van der Waals surface area contributed by atoms with Crippen LogP contribution in [0.3, 0.4) is 0 Å². The highest BCUT2D eigenvalue weighted by Gasteiger charge is 2.62. The van der Waals surface area contributed by atoms with E-state index in [1.54, 1.807) is 41.5 Å². The maximum atomic E-state index is 14.1. The quantitative estimate of drug-likeness (QED) is 0.311. The average Bonchev–Trinajstić information content (AvgIpc) is 3.78. The fraction of sp³-hybridized carbons (Fsp3) is 0.704. The molecule has 1 aromatic heterocycles. The Morgan fingerprint density at radius 1 is 1.18 bits per heavy atom. The summed E-state index contributed by atoms with van der Waals surface area (Å²) in [5, 5.41) is 4.72. The fourth-order valence-corrected chi connectivity index (χ4v) is 6.92. The Hall–Kier alpha value is -2.98. The van der Waals surface area contributed by atoms with E-state index in [-0.39, 0.29) is 29.9 Å². The summed E-state index contributed by atoms with van der Waals surface area (Å²) in [7, 11) is -3.88. The Balaban J connectivity index is 1.59. The van der Waals surface area contributed by atoms with Crippen molar-refractivity contribution in [3.8, 4) is 6.01 Å². The van der Waals surface area contributed by atoms with Gasteiger partial charge in [0.05, 0.1) is 11.8 Å². The van der Waals surface area contributed by atoms with Crippen molar-refractivity contribution in [3.05, 3.63) is 17.1 Å². The molecule has 0 bridgehead atoms. The van der Waals surface area contributed by atoms with Crippen LogP contribution in [-0.2, 0) is 29.1 Å². The summed E-state index contributed by atoms with van der Waals surface area (Å²) in [6.07, 6.45) is 0.981. The zero-order valence-electron chi connectivity index (χ0n) is 25.5. The lowest BCUT2D eigenvalue weighted by Crippen LogP contribution is -2.60. The minimum Gasteiger partial charge on any atom is -0.458 e. The van der Waals surface area contributed by atoms with E-state index in [2.05, 4.69) is 31.3 Å². The second-order valence-corrected chi connectivity index (χ2v) is 16.7. The third-order valence-corrected chi connectivity index (χ3v) is 10.1. The summed E-state index contributed by atoms with van der Waals surface area (Å²) in [5.41, 5.74) is -3.17. The van der Waals surface area contributed by atoms with E-state index < -0.39 is 79.7 Å². The topological polar surface area (TPSA) is 186 Å². The van der Waals surface area contributed by atoms with Gasteiger partial charge in [0.15, 0.2) is 0 Å². The number of rotatable bonds is 10. The molecule has 3 fully saturated rings. The fourth-order valence-electron chi connectivity index (χ4n) is 5.02.